The van der Waals surface area contributed by atoms with Crippen LogP contribution in [0.4, 0.5) is 0 Å². The van der Waals surface area contributed by atoms with Gasteiger partial charge >= 0.3 is 0 Å². The fourth-order valence-electron chi connectivity index (χ4n) is 3.06. The third-order valence-electron chi connectivity index (χ3n) is 4.72. The van der Waals surface area contributed by atoms with Crippen molar-refractivity contribution in [3.63, 3.8) is 0 Å². The second-order valence-electron chi connectivity index (χ2n) is 7.63. The van der Waals surface area contributed by atoms with Gasteiger partial charge in [-0.05, 0) is 36.1 Å². The van der Waals surface area contributed by atoms with E-state index in [4.69, 9.17) is 0 Å². The van der Waals surface area contributed by atoms with Crippen LogP contribution in [0.1, 0.15) is 42.6 Å². The molecule has 0 aliphatic rings. The third kappa shape index (κ3) is 7.68. The monoisotopic (exact) mass is 395 g/mol. The molecule has 2 rings (SSSR count). The maximum absolute atomic E-state index is 12.6. The van der Waals surface area contributed by atoms with Crippen molar-refractivity contribution in [1.29, 1.82) is 0 Å². The summed E-state index contributed by atoms with van der Waals surface area (Å²) in [6.45, 7) is 7.12. The van der Waals surface area contributed by atoms with E-state index >= 15 is 0 Å². The Bertz CT molecular complexity index is 735. The molecular weight excluding hydrogens is 364 g/mol. The van der Waals surface area contributed by atoms with Gasteiger partial charge in [0, 0.05) is 24.2 Å². The number of amides is 2. The number of hydrogen-bond donors (Lipinski definition) is 2. The first-order valence-electron chi connectivity index (χ1n) is 9.94. The van der Waals surface area contributed by atoms with Gasteiger partial charge in [0.05, 0.1) is 8.80 Å². The lowest BCUT2D eigenvalue weighted by Gasteiger charge is -2.25. The van der Waals surface area contributed by atoms with Crippen LogP contribution in [-0.4, -0.2) is 26.3 Å². The van der Waals surface area contributed by atoms with Gasteiger partial charge in [0.25, 0.3) is 5.91 Å². The molecular formula is C23H31N2O2Si. The van der Waals surface area contributed by atoms with Crippen LogP contribution >= 0.6 is 0 Å². The molecule has 2 amide bonds. The predicted molar refractivity (Wildman–Crippen MR) is 116 cm³/mol. The molecule has 2 aromatic carbocycles. The first kappa shape index (κ1) is 21.9. The first-order chi connectivity index (χ1) is 13.5. The van der Waals surface area contributed by atoms with Gasteiger partial charge in [-0.2, -0.15) is 0 Å². The summed E-state index contributed by atoms with van der Waals surface area (Å²) in [5.41, 5.74) is 1.94. The Morgan fingerprint density at radius 3 is 2.18 bits per heavy atom. The molecule has 2 N–H and O–H groups in total. The molecule has 149 valence electrons. The smallest absolute Gasteiger partial charge is 0.251 e. The van der Waals surface area contributed by atoms with Gasteiger partial charge in [-0.3, -0.25) is 9.59 Å². The van der Waals surface area contributed by atoms with E-state index in [0.717, 1.165) is 18.0 Å². The van der Waals surface area contributed by atoms with Crippen molar-refractivity contribution < 1.29 is 9.59 Å². The Kier molecular flexibility index (Phi) is 8.95. The van der Waals surface area contributed by atoms with Crippen LogP contribution < -0.4 is 10.6 Å². The summed E-state index contributed by atoms with van der Waals surface area (Å²) >= 11 is 0. The van der Waals surface area contributed by atoms with Crippen molar-refractivity contribution >= 4 is 20.6 Å². The largest absolute Gasteiger partial charge is 0.352 e. The summed E-state index contributed by atoms with van der Waals surface area (Å²) in [5.74, 6) is 0.544. The second kappa shape index (κ2) is 11.4. The molecule has 0 heterocycles. The lowest BCUT2D eigenvalue weighted by atomic mass is 10.1. The first-order valence-corrected chi connectivity index (χ1v) is 12.2. The Morgan fingerprint density at radius 2 is 1.57 bits per heavy atom. The summed E-state index contributed by atoms with van der Waals surface area (Å²) in [5, 5.41) is 6.21. The average Bonchev–Trinajstić information content (AvgIpc) is 2.71. The average molecular weight is 396 g/mol. The SMILES string of the molecule is CC(C)CC(NC(=O)c1ccccc1)[Si](C)CCC(=O)NCc1ccccc1. The molecule has 0 aromatic heterocycles. The van der Waals surface area contributed by atoms with Gasteiger partial charge in [-0.1, -0.05) is 68.9 Å². The topological polar surface area (TPSA) is 58.2 Å². The van der Waals surface area contributed by atoms with Crippen molar-refractivity contribution in [3.8, 4) is 0 Å². The lowest BCUT2D eigenvalue weighted by Crippen LogP contribution is -2.45. The number of nitrogens with one attached hydrogen (secondary N) is 2. The van der Waals surface area contributed by atoms with Gasteiger partial charge in [-0.15, -0.1) is 0 Å². The van der Waals surface area contributed by atoms with Crippen LogP contribution in [0.25, 0.3) is 0 Å². The van der Waals surface area contributed by atoms with Crippen LogP contribution in [0, 0.1) is 5.92 Å². The van der Waals surface area contributed by atoms with Crippen LogP contribution in [0.15, 0.2) is 60.7 Å². The molecule has 1 radical (unpaired) electrons. The van der Waals surface area contributed by atoms with Gasteiger partial charge in [0.15, 0.2) is 0 Å². The Labute approximate surface area is 170 Å². The summed E-state index contributed by atoms with van der Waals surface area (Å²) in [4.78, 5) is 24.8. The zero-order valence-electron chi connectivity index (χ0n) is 17.1. The van der Waals surface area contributed by atoms with Crippen molar-refractivity contribution in [3.05, 3.63) is 71.8 Å². The molecule has 0 spiro atoms. The molecule has 0 bridgehead atoms. The van der Waals surface area contributed by atoms with Gasteiger partial charge in [-0.25, -0.2) is 0 Å². The predicted octanol–water partition coefficient (Wildman–Crippen LogP) is 4.20. The summed E-state index contributed by atoms with van der Waals surface area (Å²) in [7, 11) is -0.895. The van der Waals surface area contributed by atoms with Gasteiger partial charge < -0.3 is 10.6 Å². The van der Waals surface area contributed by atoms with E-state index in [-0.39, 0.29) is 17.5 Å². The normalized spacial score (nSPS) is 12.0. The molecule has 0 aliphatic carbocycles. The summed E-state index contributed by atoms with van der Waals surface area (Å²) in [6.07, 6.45) is 1.45. The second-order valence-corrected chi connectivity index (χ2v) is 10.5. The van der Waals surface area contributed by atoms with E-state index in [9.17, 15) is 9.59 Å². The highest BCUT2D eigenvalue weighted by molar-refractivity contribution is 6.59. The molecule has 1 atom stereocenters. The van der Waals surface area contributed by atoms with Crippen molar-refractivity contribution in [2.24, 2.45) is 5.92 Å². The molecule has 0 fully saturated rings. The van der Waals surface area contributed by atoms with Crippen molar-refractivity contribution in [2.45, 2.75) is 51.5 Å². The number of rotatable bonds is 10. The van der Waals surface area contributed by atoms with E-state index in [1.54, 1.807) is 0 Å². The van der Waals surface area contributed by atoms with Gasteiger partial charge in [0.1, 0.15) is 0 Å². The maximum Gasteiger partial charge on any atom is 0.251 e. The Hall–Kier alpha value is -2.40. The quantitative estimate of drug-likeness (QED) is 0.592. The van der Waals surface area contributed by atoms with E-state index in [2.05, 4.69) is 31.0 Å². The molecule has 28 heavy (non-hydrogen) atoms. The minimum atomic E-state index is -0.895. The minimum absolute atomic E-state index is 0.0240. The van der Waals surface area contributed by atoms with E-state index in [1.165, 1.54) is 0 Å². The molecule has 5 heteroatoms. The third-order valence-corrected chi connectivity index (χ3v) is 7.33. The highest BCUT2D eigenvalue weighted by Gasteiger charge is 2.23. The fraction of sp³-hybridized carbons (Fsp3) is 0.391. The van der Waals surface area contributed by atoms with Crippen LogP contribution in [0.2, 0.25) is 12.6 Å². The Balaban J connectivity index is 1.85. The molecule has 0 aliphatic heterocycles. The standard InChI is InChI=1S/C23H31N2O2Si/c1-18(2)16-22(25-23(27)20-12-8-5-9-13-20)28(3)15-14-21(26)24-17-19-10-6-4-7-11-19/h4-13,18,22H,14-17H2,1-3H3,(H,24,26)(H,25,27). The Morgan fingerprint density at radius 1 is 0.964 bits per heavy atom. The zero-order valence-corrected chi connectivity index (χ0v) is 18.1. The maximum atomic E-state index is 12.6. The fourth-order valence-corrected chi connectivity index (χ4v) is 5.28. The molecule has 0 saturated carbocycles. The number of carbonyl (C=O) groups is 2. The highest BCUT2D eigenvalue weighted by Crippen LogP contribution is 2.13. The van der Waals surface area contributed by atoms with Crippen molar-refractivity contribution in [1.82, 2.24) is 10.6 Å². The van der Waals surface area contributed by atoms with E-state index in [0.29, 0.717) is 24.4 Å². The molecule has 0 saturated heterocycles. The molecule has 2 aromatic rings. The van der Waals surface area contributed by atoms with Crippen molar-refractivity contribution in [2.75, 3.05) is 0 Å². The minimum Gasteiger partial charge on any atom is -0.352 e. The van der Waals surface area contributed by atoms with Crippen LogP contribution in [0.3, 0.4) is 0 Å². The number of hydrogen-bond acceptors (Lipinski definition) is 2. The van der Waals surface area contributed by atoms with Crippen LogP contribution in [-0.2, 0) is 11.3 Å². The highest BCUT2D eigenvalue weighted by atomic mass is 28.3. The van der Waals surface area contributed by atoms with E-state index < -0.39 is 8.80 Å². The van der Waals surface area contributed by atoms with Gasteiger partial charge in [0.2, 0.25) is 5.91 Å². The zero-order chi connectivity index (χ0) is 20.4. The van der Waals surface area contributed by atoms with E-state index in [1.807, 2.05) is 60.7 Å². The lowest BCUT2D eigenvalue weighted by molar-refractivity contribution is -0.120. The molecule has 4 nitrogen and oxygen atoms in total. The summed E-state index contributed by atoms with van der Waals surface area (Å²) < 4.78 is 0. The summed E-state index contributed by atoms with van der Waals surface area (Å²) in [6, 6.07) is 20.1. The number of benzene rings is 2. The van der Waals surface area contributed by atoms with Crippen LogP contribution in [0.5, 0.6) is 0 Å². The number of carbonyl (C=O) groups excluding carboxylic acids is 2. The molecule has 1 unspecified atom stereocenters.